The van der Waals surface area contributed by atoms with Gasteiger partial charge in [-0.1, -0.05) is 23.2 Å². The molecule has 0 saturated carbocycles. The van der Waals surface area contributed by atoms with Crippen LogP contribution in [0.1, 0.15) is 16.8 Å². The Balaban J connectivity index is 2.32. The van der Waals surface area contributed by atoms with Crippen LogP contribution in [0.5, 0.6) is 11.6 Å². The second-order valence-electron chi connectivity index (χ2n) is 4.52. The van der Waals surface area contributed by atoms with E-state index in [4.69, 9.17) is 32.7 Å². The van der Waals surface area contributed by atoms with Gasteiger partial charge in [0.05, 0.1) is 23.7 Å². The Hall–Kier alpha value is -2.38. The van der Waals surface area contributed by atoms with Gasteiger partial charge in [0, 0.05) is 18.6 Å². The number of ether oxygens (including phenoxy) is 2. The van der Waals surface area contributed by atoms with Crippen molar-refractivity contribution < 1.29 is 19.1 Å². The molecule has 0 atom stereocenters. The molecule has 7 nitrogen and oxygen atoms in total. The van der Waals surface area contributed by atoms with Gasteiger partial charge in [-0.05, 0) is 12.1 Å². The molecular formula is C15H12Cl2N2O5. The first-order chi connectivity index (χ1) is 11.5. The highest BCUT2D eigenvalue weighted by Crippen LogP contribution is 2.34. The van der Waals surface area contributed by atoms with Crippen LogP contribution in [0, 0.1) is 0 Å². The Morgan fingerprint density at radius 3 is 2.62 bits per heavy atom. The average molecular weight is 371 g/mol. The van der Waals surface area contributed by atoms with E-state index in [0.717, 1.165) is 4.68 Å². The number of rotatable bonds is 6. The number of methoxy groups -OCH3 is 1. The Bertz CT molecular complexity index is 835. The Morgan fingerprint density at radius 2 is 1.96 bits per heavy atom. The van der Waals surface area contributed by atoms with Crippen molar-refractivity contribution in [3.05, 3.63) is 50.2 Å². The van der Waals surface area contributed by atoms with Crippen LogP contribution >= 0.6 is 23.2 Å². The van der Waals surface area contributed by atoms with Crippen molar-refractivity contribution in [3.63, 3.8) is 0 Å². The minimum Gasteiger partial charge on any atom is -0.494 e. The average Bonchev–Trinajstić information content (AvgIpc) is 2.56. The molecule has 0 N–H and O–H groups in total. The summed E-state index contributed by atoms with van der Waals surface area (Å²) >= 11 is 12.0. The van der Waals surface area contributed by atoms with Crippen LogP contribution in [-0.4, -0.2) is 29.1 Å². The third kappa shape index (κ3) is 3.93. The molecule has 2 aromatic rings. The molecule has 126 valence electrons. The van der Waals surface area contributed by atoms with Gasteiger partial charge in [-0.3, -0.25) is 4.79 Å². The molecule has 0 aliphatic heterocycles. The number of nitrogens with zero attached hydrogens (tertiary/aromatic N) is 2. The van der Waals surface area contributed by atoms with Crippen molar-refractivity contribution in [2.75, 3.05) is 7.11 Å². The number of aldehydes is 1. The number of aromatic nitrogens is 2. The number of esters is 1. The van der Waals surface area contributed by atoms with Gasteiger partial charge in [-0.25, -0.2) is 9.48 Å². The number of hydrogen-bond acceptors (Lipinski definition) is 6. The van der Waals surface area contributed by atoms with Gasteiger partial charge in [0.1, 0.15) is 11.8 Å². The van der Waals surface area contributed by atoms with Crippen molar-refractivity contribution in [1.29, 1.82) is 0 Å². The minimum atomic E-state index is -0.840. The maximum atomic E-state index is 12.3. The molecule has 0 fully saturated rings. The quantitative estimate of drug-likeness (QED) is 0.572. The summed E-state index contributed by atoms with van der Waals surface area (Å²) < 4.78 is 11.2. The summed E-state index contributed by atoms with van der Waals surface area (Å²) in [7, 11) is 1.34. The summed E-state index contributed by atoms with van der Waals surface area (Å²) in [6.07, 6.45) is 0.766. The summed E-state index contributed by atoms with van der Waals surface area (Å²) in [6.45, 7) is 0.0783. The molecule has 0 amide bonds. The fourth-order valence-corrected chi connectivity index (χ4v) is 2.35. The third-order valence-corrected chi connectivity index (χ3v) is 3.58. The van der Waals surface area contributed by atoms with E-state index in [1.54, 1.807) is 0 Å². The van der Waals surface area contributed by atoms with E-state index < -0.39 is 11.5 Å². The van der Waals surface area contributed by atoms with E-state index in [0.29, 0.717) is 6.29 Å². The fraction of sp³-hybridized carbons (Fsp3) is 0.200. The number of aryl methyl sites for hydroxylation is 1. The smallest absolute Gasteiger partial charge is 0.350 e. The molecule has 2 rings (SSSR count). The van der Waals surface area contributed by atoms with E-state index in [1.165, 1.54) is 31.4 Å². The number of carbonyl (C=O) groups is 2. The zero-order valence-corrected chi connectivity index (χ0v) is 14.0. The molecule has 0 bridgehead atoms. The molecular weight excluding hydrogens is 359 g/mol. The standard InChI is InChI=1S/C15H12Cl2N2O5/c1-23-14-10(17)4-3-9(16)13(14)15(22)24-11-5-6-12(21)19(18-11)7-2-8-20/h3-6,8H,2,7H2,1H3. The predicted molar refractivity (Wildman–Crippen MR) is 87.2 cm³/mol. The van der Waals surface area contributed by atoms with Crippen molar-refractivity contribution in [2.45, 2.75) is 13.0 Å². The second kappa shape index (κ2) is 7.94. The van der Waals surface area contributed by atoms with E-state index in [1.807, 2.05) is 0 Å². The van der Waals surface area contributed by atoms with Crippen LogP contribution < -0.4 is 15.0 Å². The van der Waals surface area contributed by atoms with Crippen LogP contribution in [-0.2, 0) is 11.3 Å². The van der Waals surface area contributed by atoms with Crippen molar-refractivity contribution in [3.8, 4) is 11.6 Å². The number of carbonyl (C=O) groups excluding carboxylic acids is 2. The topological polar surface area (TPSA) is 87.5 Å². The Morgan fingerprint density at radius 1 is 1.25 bits per heavy atom. The fourth-order valence-electron chi connectivity index (χ4n) is 1.89. The third-order valence-electron chi connectivity index (χ3n) is 2.97. The van der Waals surface area contributed by atoms with Crippen LogP contribution in [0.2, 0.25) is 10.0 Å². The first-order valence-electron chi connectivity index (χ1n) is 6.74. The molecule has 0 radical (unpaired) electrons. The molecule has 24 heavy (non-hydrogen) atoms. The van der Waals surface area contributed by atoms with Gasteiger partial charge in [-0.15, -0.1) is 5.10 Å². The van der Waals surface area contributed by atoms with E-state index in [9.17, 15) is 14.4 Å². The minimum absolute atomic E-state index is 0.0564. The van der Waals surface area contributed by atoms with Gasteiger partial charge >= 0.3 is 5.97 Å². The Kier molecular flexibility index (Phi) is 5.94. The maximum Gasteiger partial charge on any atom is 0.350 e. The van der Waals surface area contributed by atoms with Gasteiger partial charge < -0.3 is 14.3 Å². The molecule has 0 saturated heterocycles. The highest BCUT2D eigenvalue weighted by atomic mass is 35.5. The normalized spacial score (nSPS) is 10.3. The number of halogens is 2. The van der Waals surface area contributed by atoms with Gasteiger partial charge in [0.2, 0.25) is 5.88 Å². The van der Waals surface area contributed by atoms with Crippen molar-refractivity contribution in [1.82, 2.24) is 9.78 Å². The van der Waals surface area contributed by atoms with Gasteiger partial charge in [-0.2, -0.15) is 0 Å². The molecule has 1 heterocycles. The molecule has 0 aliphatic carbocycles. The summed E-state index contributed by atoms with van der Waals surface area (Å²) in [6, 6.07) is 5.33. The monoisotopic (exact) mass is 370 g/mol. The van der Waals surface area contributed by atoms with Crippen molar-refractivity contribution in [2.24, 2.45) is 0 Å². The second-order valence-corrected chi connectivity index (χ2v) is 5.33. The maximum absolute atomic E-state index is 12.3. The zero-order valence-electron chi connectivity index (χ0n) is 12.5. The summed E-state index contributed by atoms with van der Waals surface area (Å²) in [5, 5.41) is 4.15. The first kappa shape index (κ1) is 18.0. The Labute approximate surface area is 146 Å². The number of benzene rings is 1. The highest BCUT2D eigenvalue weighted by Gasteiger charge is 2.22. The molecule has 0 spiro atoms. The summed E-state index contributed by atoms with van der Waals surface area (Å²) in [5.74, 6) is -0.889. The van der Waals surface area contributed by atoms with E-state index in [2.05, 4.69) is 5.10 Å². The SMILES string of the molecule is COc1c(Cl)ccc(Cl)c1C(=O)Oc1ccc(=O)n(CCC=O)n1. The van der Waals surface area contributed by atoms with Crippen molar-refractivity contribution >= 4 is 35.5 Å². The summed E-state index contributed by atoms with van der Waals surface area (Å²) in [5.41, 5.74) is -0.478. The zero-order chi connectivity index (χ0) is 17.7. The van der Waals surface area contributed by atoms with Gasteiger partial charge in [0.15, 0.2) is 5.75 Å². The first-order valence-corrected chi connectivity index (χ1v) is 7.49. The highest BCUT2D eigenvalue weighted by molar-refractivity contribution is 6.37. The molecule has 0 aliphatic rings. The molecule has 1 aromatic carbocycles. The van der Waals surface area contributed by atoms with Crippen LogP contribution in [0.3, 0.4) is 0 Å². The molecule has 9 heteroatoms. The lowest BCUT2D eigenvalue weighted by atomic mass is 10.2. The predicted octanol–water partition coefficient (Wildman–Crippen LogP) is 2.37. The van der Waals surface area contributed by atoms with Crippen LogP contribution in [0.4, 0.5) is 0 Å². The number of hydrogen-bond donors (Lipinski definition) is 0. The van der Waals surface area contributed by atoms with E-state index in [-0.39, 0.29) is 40.2 Å². The van der Waals surface area contributed by atoms with Crippen LogP contribution in [0.15, 0.2) is 29.1 Å². The van der Waals surface area contributed by atoms with Gasteiger partial charge in [0.25, 0.3) is 5.56 Å². The molecule has 1 aromatic heterocycles. The largest absolute Gasteiger partial charge is 0.494 e. The lowest BCUT2D eigenvalue weighted by Gasteiger charge is -2.11. The van der Waals surface area contributed by atoms with Crippen LogP contribution in [0.25, 0.3) is 0 Å². The summed E-state index contributed by atoms with van der Waals surface area (Å²) in [4.78, 5) is 34.4. The lowest BCUT2D eigenvalue weighted by Crippen LogP contribution is -2.23. The molecule has 0 unspecified atom stereocenters. The van der Waals surface area contributed by atoms with E-state index >= 15 is 0 Å². The lowest BCUT2D eigenvalue weighted by molar-refractivity contribution is -0.108.